The molecule has 0 aliphatic heterocycles. The van der Waals surface area contributed by atoms with Crippen molar-refractivity contribution in [1.29, 1.82) is 0 Å². The Hall–Kier alpha value is -0.980. The van der Waals surface area contributed by atoms with E-state index in [1.807, 2.05) is 0 Å². The fourth-order valence-corrected chi connectivity index (χ4v) is 1.22. The van der Waals surface area contributed by atoms with Gasteiger partial charge in [0.2, 0.25) is 0 Å². The van der Waals surface area contributed by atoms with Gasteiger partial charge in [0.1, 0.15) is 6.61 Å². The Balaban J connectivity index is 2.33. The molecule has 0 aliphatic carbocycles. The van der Waals surface area contributed by atoms with Crippen molar-refractivity contribution in [2.75, 3.05) is 20.3 Å². The molecule has 1 rings (SSSR count). The molecule has 6 nitrogen and oxygen atoms in total. The van der Waals surface area contributed by atoms with Gasteiger partial charge in [-0.3, -0.25) is 0 Å². The Bertz CT molecular complexity index is 291. The standard InChI is InChI=1S/C10H19N3O3/c1-3-4-8(11)10-12-9(16-13-10)7-15-6-5-14-2/h8H,3-7,11H2,1-2H3. The molecule has 0 aliphatic rings. The van der Waals surface area contributed by atoms with E-state index in [0.717, 1.165) is 12.8 Å². The highest BCUT2D eigenvalue weighted by atomic mass is 16.5. The van der Waals surface area contributed by atoms with Gasteiger partial charge in [-0.15, -0.1) is 0 Å². The summed E-state index contributed by atoms with van der Waals surface area (Å²) in [5.74, 6) is 1.00. The van der Waals surface area contributed by atoms with Gasteiger partial charge in [-0.25, -0.2) is 0 Å². The van der Waals surface area contributed by atoms with E-state index in [4.69, 9.17) is 19.7 Å². The maximum Gasteiger partial charge on any atom is 0.252 e. The molecule has 0 aromatic carbocycles. The average molecular weight is 229 g/mol. The van der Waals surface area contributed by atoms with Crippen LogP contribution in [0.3, 0.4) is 0 Å². The zero-order valence-electron chi connectivity index (χ0n) is 9.81. The monoisotopic (exact) mass is 229 g/mol. The topological polar surface area (TPSA) is 83.4 Å². The van der Waals surface area contributed by atoms with Crippen LogP contribution in [0.1, 0.15) is 37.5 Å². The summed E-state index contributed by atoms with van der Waals surface area (Å²) in [5.41, 5.74) is 5.85. The maximum atomic E-state index is 5.85. The van der Waals surface area contributed by atoms with Crippen LogP contribution < -0.4 is 5.73 Å². The summed E-state index contributed by atoms with van der Waals surface area (Å²) in [7, 11) is 1.62. The normalized spacial score (nSPS) is 12.9. The van der Waals surface area contributed by atoms with Crippen LogP contribution in [-0.4, -0.2) is 30.5 Å². The molecule has 16 heavy (non-hydrogen) atoms. The first kappa shape index (κ1) is 13.1. The molecule has 1 unspecified atom stereocenters. The molecule has 6 heteroatoms. The Kier molecular flexibility index (Phi) is 5.99. The van der Waals surface area contributed by atoms with Crippen LogP contribution in [0.4, 0.5) is 0 Å². The van der Waals surface area contributed by atoms with Crippen LogP contribution in [0.5, 0.6) is 0 Å². The van der Waals surface area contributed by atoms with Gasteiger partial charge in [0, 0.05) is 7.11 Å². The van der Waals surface area contributed by atoms with Crippen molar-refractivity contribution in [2.45, 2.75) is 32.4 Å². The Labute approximate surface area is 95.1 Å². The zero-order chi connectivity index (χ0) is 11.8. The number of methoxy groups -OCH3 is 1. The molecule has 0 fully saturated rings. The maximum absolute atomic E-state index is 5.85. The average Bonchev–Trinajstić information content (AvgIpc) is 2.73. The van der Waals surface area contributed by atoms with Gasteiger partial charge in [-0.05, 0) is 6.42 Å². The molecule has 0 saturated carbocycles. The van der Waals surface area contributed by atoms with E-state index in [1.165, 1.54) is 0 Å². The minimum atomic E-state index is -0.151. The molecule has 1 atom stereocenters. The number of rotatable bonds is 8. The fourth-order valence-electron chi connectivity index (χ4n) is 1.22. The summed E-state index contributed by atoms with van der Waals surface area (Å²) in [6, 6.07) is -0.151. The van der Waals surface area contributed by atoms with Crippen LogP contribution in [0.25, 0.3) is 0 Å². The first-order valence-electron chi connectivity index (χ1n) is 5.42. The first-order chi connectivity index (χ1) is 7.77. The van der Waals surface area contributed by atoms with E-state index in [9.17, 15) is 0 Å². The predicted octanol–water partition coefficient (Wildman–Crippen LogP) is 1.03. The highest BCUT2D eigenvalue weighted by molar-refractivity contribution is 4.91. The molecule has 0 amide bonds. The van der Waals surface area contributed by atoms with Gasteiger partial charge in [0.25, 0.3) is 5.89 Å². The molecule has 0 spiro atoms. The molecule has 1 heterocycles. The third-order valence-electron chi connectivity index (χ3n) is 2.07. The Morgan fingerprint density at radius 3 is 2.94 bits per heavy atom. The summed E-state index contributed by atoms with van der Waals surface area (Å²) in [6.45, 7) is 3.43. The summed E-state index contributed by atoms with van der Waals surface area (Å²) in [5, 5.41) is 3.81. The summed E-state index contributed by atoms with van der Waals surface area (Å²) < 4.78 is 15.1. The van der Waals surface area contributed by atoms with Gasteiger partial charge in [-0.1, -0.05) is 18.5 Å². The molecule has 0 saturated heterocycles. The van der Waals surface area contributed by atoms with Crippen molar-refractivity contribution in [1.82, 2.24) is 10.1 Å². The summed E-state index contributed by atoms with van der Waals surface area (Å²) in [6.07, 6.45) is 1.85. The number of aromatic nitrogens is 2. The summed E-state index contributed by atoms with van der Waals surface area (Å²) in [4.78, 5) is 4.16. The molecular formula is C10H19N3O3. The van der Waals surface area contributed by atoms with Crippen LogP contribution in [0.2, 0.25) is 0 Å². The van der Waals surface area contributed by atoms with Gasteiger partial charge < -0.3 is 19.7 Å². The van der Waals surface area contributed by atoms with Crippen molar-refractivity contribution < 1.29 is 14.0 Å². The van der Waals surface area contributed by atoms with E-state index in [0.29, 0.717) is 31.5 Å². The molecular weight excluding hydrogens is 210 g/mol. The van der Waals surface area contributed by atoms with E-state index in [-0.39, 0.29) is 6.04 Å². The molecule has 2 N–H and O–H groups in total. The van der Waals surface area contributed by atoms with Gasteiger partial charge in [-0.2, -0.15) is 4.98 Å². The number of hydrogen-bond acceptors (Lipinski definition) is 6. The quantitative estimate of drug-likeness (QED) is 0.670. The van der Waals surface area contributed by atoms with Gasteiger partial charge in [0.15, 0.2) is 5.82 Å². The summed E-state index contributed by atoms with van der Waals surface area (Å²) >= 11 is 0. The van der Waals surface area contributed by atoms with Crippen LogP contribution >= 0.6 is 0 Å². The number of hydrogen-bond donors (Lipinski definition) is 1. The van der Waals surface area contributed by atoms with Crippen LogP contribution in [-0.2, 0) is 16.1 Å². The second-order valence-corrected chi connectivity index (χ2v) is 3.49. The third-order valence-corrected chi connectivity index (χ3v) is 2.07. The van der Waals surface area contributed by atoms with Crippen molar-refractivity contribution in [3.05, 3.63) is 11.7 Å². The number of nitrogens with zero attached hydrogens (tertiary/aromatic N) is 2. The Morgan fingerprint density at radius 1 is 1.44 bits per heavy atom. The SMILES string of the molecule is CCCC(N)c1noc(COCCOC)n1. The highest BCUT2D eigenvalue weighted by Crippen LogP contribution is 2.12. The second kappa shape index (κ2) is 7.32. The first-order valence-corrected chi connectivity index (χ1v) is 5.42. The zero-order valence-corrected chi connectivity index (χ0v) is 9.81. The molecule has 1 aromatic rings. The largest absolute Gasteiger partial charge is 0.382 e. The van der Waals surface area contributed by atoms with E-state index >= 15 is 0 Å². The van der Waals surface area contributed by atoms with Crippen molar-refractivity contribution in [3.8, 4) is 0 Å². The van der Waals surface area contributed by atoms with E-state index < -0.39 is 0 Å². The molecule has 0 radical (unpaired) electrons. The second-order valence-electron chi connectivity index (χ2n) is 3.49. The molecule has 1 aromatic heterocycles. The number of nitrogens with two attached hydrogens (primary N) is 1. The van der Waals surface area contributed by atoms with Gasteiger partial charge >= 0.3 is 0 Å². The minimum Gasteiger partial charge on any atom is -0.382 e. The minimum absolute atomic E-state index is 0.151. The molecule has 92 valence electrons. The lowest BCUT2D eigenvalue weighted by Gasteiger charge is -2.02. The molecule has 0 bridgehead atoms. The van der Waals surface area contributed by atoms with Crippen molar-refractivity contribution in [2.24, 2.45) is 5.73 Å². The number of ether oxygens (including phenoxy) is 2. The smallest absolute Gasteiger partial charge is 0.252 e. The van der Waals surface area contributed by atoms with E-state index in [2.05, 4.69) is 17.1 Å². The Morgan fingerprint density at radius 2 is 2.25 bits per heavy atom. The van der Waals surface area contributed by atoms with Crippen molar-refractivity contribution >= 4 is 0 Å². The highest BCUT2D eigenvalue weighted by Gasteiger charge is 2.13. The lowest BCUT2D eigenvalue weighted by molar-refractivity contribution is 0.0494. The lowest BCUT2D eigenvalue weighted by Crippen LogP contribution is -2.11. The van der Waals surface area contributed by atoms with Crippen molar-refractivity contribution in [3.63, 3.8) is 0 Å². The lowest BCUT2D eigenvalue weighted by atomic mass is 10.2. The van der Waals surface area contributed by atoms with Gasteiger partial charge in [0.05, 0.1) is 19.3 Å². The van der Waals surface area contributed by atoms with Crippen LogP contribution in [0, 0.1) is 0 Å². The van der Waals surface area contributed by atoms with Crippen LogP contribution in [0.15, 0.2) is 4.52 Å². The fraction of sp³-hybridized carbons (Fsp3) is 0.800. The predicted molar refractivity (Wildman–Crippen MR) is 57.7 cm³/mol. The third kappa shape index (κ3) is 4.26. The van der Waals surface area contributed by atoms with E-state index in [1.54, 1.807) is 7.11 Å².